The van der Waals surface area contributed by atoms with Gasteiger partial charge in [0.15, 0.2) is 11.6 Å². The molecule has 0 saturated heterocycles. The quantitative estimate of drug-likeness (QED) is 0.0537. The van der Waals surface area contributed by atoms with Gasteiger partial charge in [0, 0.05) is 49.1 Å². The van der Waals surface area contributed by atoms with Crippen molar-refractivity contribution in [2.24, 2.45) is 40.9 Å². The summed E-state index contributed by atoms with van der Waals surface area (Å²) < 4.78 is 5.26. The molecule has 18 nitrogen and oxygen atoms in total. The molecule has 350 valence electrons. The lowest BCUT2D eigenvalue weighted by atomic mass is 9.89. The molecule has 0 unspecified atom stereocenters. The first-order valence-corrected chi connectivity index (χ1v) is 21.3. The van der Waals surface area contributed by atoms with Gasteiger partial charge in [-0.2, -0.15) is 0 Å². The summed E-state index contributed by atoms with van der Waals surface area (Å²) in [6.45, 7) is 7.78. The van der Waals surface area contributed by atoms with Crippen molar-refractivity contribution in [2.45, 2.75) is 98.1 Å². The number of rotatable bonds is 25. The molecule has 0 aliphatic carbocycles. The average Bonchev–Trinajstić information content (AvgIpc) is 3.27. The van der Waals surface area contributed by atoms with Gasteiger partial charge in [-0.25, -0.2) is 14.4 Å². The summed E-state index contributed by atoms with van der Waals surface area (Å²) in [4.78, 5) is 85.4. The average molecular weight is 891 g/mol. The van der Waals surface area contributed by atoms with Crippen LogP contribution >= 0.6 is 0 Å². The Morgan fingerprint density at radius 1 is 0.594 bits per heavy atom. The van der Waals surface area contributed by atoms with Gasteiger partial charge in [-0.1, -0.05) is 82.3 Å². The van der Waals surface area contributed by atoms with Crippen molar-refractivity contribution in [3.05, 3.63) is 95.6 Å². The Morgan fingerprint density at radius 2 is 1.03 bits per heavy atom. The number of alkyl carbamates (subject to hydrolysis) is 1. The zero-order valence-corrected chi connectivity index (χ0v) is 37.1. The third-order valence-electron chi connectivity index (χ3n) is 10.1. The molecule has 64 heavy (non-hydrogen) atoms. The Kier molecular flexibility index (Phi) is 24.4. The summed E-state index contributed by atoms with van der Waals surface area (Å²) in [5, 5.41) is 31.5. The number of ketones is 2. The molecular weight excluding hydrogens is 825 g/mol. The molecule has 0 aromatic heterocycles. The molecule has 0 fully saturated rings. The Hall–Kier alpha value is -6.37. The minimum absolute atomic E-state index is 0.0104. The molecule has 0 bridgehead atoms. The van der Waals surface area contributed by atoms with Gasteiger partial charge in [0.1, 0.15) is 6.61 Å². The van der Waals surface area contributed by atoms with Crippen molar-refractivity contribution in [3.63, 3.8) is 0 Å². The lowest BCUT2D eigenvalue weighted by molar-refractivity contribution is -0.128. The van der Waals surface area contributed by atoms with E-state index in [0.29, 0.717) is 49.2 Å². The number of nitrogens with one attached hydrogen (secondary N) is 5. The molecule has 3 aromatic rings. The monoisotopic (exact) mass is 890 g/mol. The Morgan fingerprint density at radius 3 is 1.42 bits per heavy atom. The molecule has 18 heteroatoms. The van der Waals surface area contributed by atoms with Crippen LogP contribution in [0.2, 0.25) is 0 Å². The van der Waals surface area contributed by atoms with Gasteiger partial charge in [0.25, 0.3) is 0 Å². The number of carbonyl (C=O) groups excluding carboxylic acids is 7. The molecule has 0 heterocycles. The number of benzene rings is 3. The van der Waals surface area contributed by atoms with E-state index < -0.39 is 42.1 Å². The maximum atomic E-state index is 13.2. The number of anilines is 2. The fourth-order valence-electron chi connectivity index (χ4n) is 6.28. The van der Waals surface area contributed by atoms with Crippen molar-refractivity contribution in [1.82, 2.24) is 16.0 Å². The lowest BCUT2D eigenvalue weighted by Crippen LogP contribution is -2.45. The summed E-state index contributed by atoms with van der Waals surface area (Å²) in [7, 11) is 0. The molecule has 0 spiro atoms. The summed E-state index contributed by atoms with van der Waals surface area (Å²) in [5.74, 6) is -2.62. The van der Waals surface area contributed by atoms with Crippen molar-refractivity contribution in [1.29, 1.82) is 0 Å². The molecule has 3 aromatic carbocycles. The predicted octanol–water partition coefficient (Wildman–Crippen LogP) is 4.22. The van der Waals surface area contributed by atoms with Gasteiger partial charge in [-0.15, -0.1) is 0 Å². The number of ether oxygens (including phenoxy) is 1. The van der Waals surface area contributed by atoms with Crippen molar-refractivity contribution in [3.8, 4) is 0 Å². The van der Waals surface area contributed by atoms with Crippen molar-refractivity contribution < 1.29 is 48.5 Å². The summed E-state index contributed by atoms with van der Waals surface area (Å²) in [5.41, 5.74) is 19.4. The molecule has 0 aliphatic heterocycles. The molecule has 0 radical (unpaired) electrons. The van der Waals surface area contributed by atoms with E-state index >= 15 is 0 Å². The standard InChI is InChI=1S/C27H36N4O6.C19H30N4O4/c1-18(2)24(31-27(36)37-17-20-7-4-3-5-8-20)23(33)15-21(9-6-14-29-26(28)35)25(34)30-22-12-10-19(16-32)11-13-22;1-12(2)17(20)16(25)10-14(4-3-9-22-19(21)27)18(26)23-15-7-5-13(11-24)6-8-15/h3-5,7-8,10-13,18,21,24,32H,6,9,14-17H2,1-2H3,(H,30,34)(H,31,36)(H3,28,29,35);5-8,12,14,17,24H,3-4,9-11,20H2,1-2H3,(H,23,26)(H3,21,22,27)/t21-,24+;14-,17+/m11/s1. The predicted molar refractivity (Wildman–Crippen MR) is 243 cm³/mol. The first-order chi connectivity index (χ1) is 30.4. The van der Waals surface area contributed by atoms with Crippen LogP contribution in [0.1, 0.15) is 82.9 Å². The van der Waals surface area contributed by atoms with E-state index in [9.17, 15) is 38.7 Å². The van der Waals surface area contributed by atoms with Crippen LogP contribution in [0, 0.1) is 23.7 Å². The number of nitrogens with two attached hydrogens (primary N) is 3. The summed E-state index contributed by atoms with van der Waals surface area (Å²) in [6.07, 6.45) is 0.875. The zero-order valence-electron chi connectivity index (χ0n) is 37.1. The maximum absolute atomic E-state index is 13.2. The Balaban J connectivity index is 0.000000463. The topological polar surface area (TPSA) is 307 Å². The minimum atomic E-state index is -0.842. The number of primary amides is 2. The number of aliphatic hydroxyl groups excluding tert-OH is 2. The lowest BCUT2D eigenvalue weighted by Gasteiger charge is -2.24. The van der Waals surface area contributed by atoms with Crippen LogP contribution in [0.15, 0.2) is 78.9 Å². The largest absolute Gasteiger partial charge is 0.445 e. The second-order valence-electron chi connectivity index (χ2n) is 16.0. The van der Waals surface area contributed by atoms with E-state index in [0.717, 1.165) is 11.1 Å². The number of amides is 7. The van der Waals surface area contributed by atoms with E-state index in [2.05, 4.69) is 26.6 Å². The number of urea groups is 2. The molecule has 4 atom stereocenters. The van der Waals surface area contributed by atoms with Gasteiger partial charge in [-0.3, -0.25) is 19.2 Å². The van der Waals surface area contributed by atoms with Crippen LogP contribution in [-0.4, -0.2) is 76.9 Å². The van der Waals surface area contributed by atoms with Crippen LogP contribution in [0.5, 0.6) is 0 Å². The second-order valence-corrected chi connectivity index (χ2v) is 16.0. The number of hydrogen-bond acceptors (Lipinski definition) is 11. The summed E-state index contributed by atoms with van der Waals surface area (Å²) >= 11 is 0. The van der Waals surface area contributed by atoms with E-state index in [1.165, 1.54) is 0 Å². The number of aliphatic hydroxyl groups is 2. The third-order valence-corrected chi connectivity index (χ3v) is 10.1. The SMILES string of the molecule is CC(C)[C@H](N)C(=O)C[C@@H](CCCNC(N)=O)C(=O)Nc1ccc(CO)cc1.CC(C)[C@H](NC(=O)OCc1ccccc1)C(=O)C[C@@H](CCCNC(N)=O)C(=O)Nc1ccc(CO)cc1. The highest BCUT2D eigenvalue weighted by molar-refractivity contribution is 5.98. The van der Waals surface area contributed by atoms with Crippen LogP contribution in [0.25, 0.3) is 0 Å². The van der Waals surface area contributed by atoms with E-state index in [1.807, 2.05) is 44.2 Å². The number of hydrogen-bond donors (Lipinski definition) is 10. The van der Waals surface area contributed by atoms with Gasteiger partial charge in [0.05, 0.1) is 25.3 Å². The van der Waals surface area contributed by atoms with Gasteiger partial charge in [-0.05, 0) is 78.5 Å². The van der Waals surface area contributed by atoms with E-state index in [1.54, 1.807) is 62.4 Å². The Labute approximate surface area is 374 Å². The molecule has 0 saturated carbocycles. The van der Waals surface area contributed by atoms with Crippen molar-refractivity contribution in [2.75, 3.05) is 23.7 Å². The number of carbonyl (C=O) groups is 7. The molecule has 7 amide bonds. The minimum Gasteiger partial charge on any atom is -0.445 e. The highest BCUT2D eigenvalue weighted by Gasteiger charge is 2.30. The molecule has 13 N–H and O–H groups in total. The van der Waals surface area contributed by atoms with Gasteiger partial charge < -0.3 is 58.7 Å². The van der Waals surface area contributed by atoms with Crippen LogP contribution in [0.3, 0.4) is 0 Å². The maximum Gasteiger partial charge on any atom is 0.408 e. The van der Waals surface area contributed by atoms with Crippen LogP contribution in [0.4, 0.5) is 25.8 Å². The van der Waals surface area contributed by atoms with E-state index in [-0.39, 0.29) is 74.4 Å². The second kappa shape index (κ2) is 29.1. The summed E-state index contributed by atoms with van der Waals surface area (Å²) in [6, 6.07) is 19.9. The fourth-order valence-corrected chi connectivity index (χ4v) is 6.28. The first kappa shape index (κ1) is 53.8. The van der Waals surface area contributed by atoms with Crippen molar-refractivity contribution >= 4 is 52.9 Å². The number of Topliss-reactive ketones (excluding diaryl/α,β-unsaturated/α-hetero) is 2. The highest BCUT2D eigenvalue weighted by Crippen LogP contribution is 2.21. The van der Waals surface area contributed by atoms with Gasteiger partial charge in [0.2, 0.25) is 11.8 Å². The fraction of sp³-hybridized carbons (Fsp3) is 0.457. The zero-order chi connectivity index (χ0) is 47.6. The highest BCUT2D eigenvalue weighted by atomic mass is 16.5. The van der Waals surface area contributed by atoms with E-state index in [4.69, 9.17) is 27.0 Å². The molecule has 3 rings (SSSR count). The third kappa shape index (κ3) is 21.1. The normalized spacial score (nSPS) is 12.6. The Bertz CT molecular complexity index is 1930. The first-order valence-electron chi connectivity index (χ1n) is 21.3. The molecule has 0 aliphatic rings. The van der Waals surface area contributed by atoms with Gasteiger partial charge >= 0.3 is 18.2 Å². The van der Waals surface area contributed by atoms with Crippen LogP contribution in [-0.2, 0) is 43.7 Å². The smallest absolute Gasteiger partial charge is 0.408 e. The molecular formula is C46H66N8O10. The van der Waals surface area contributed by atoms with Crippen LogP contribution < -0.4 is 43.8 Å².